The Bertz CT molecular complexity index is 2100. The Morgan fingerprint density at radius 2 is 1.49 bits per heavy atom. The largest absolute Gasteiger partial charge is 0.516 e. The molecular formula is C43H41NO5. The second kappa shape index (κ2) is 11.7. The van der Waals surface area contributed by atoms with Gasteiger partial charge in [0.05, 0.1) is 33.3 Å². The van der Waals surface area contributed by atoms with Crippen LogP contribution in [0.1, 0.15) is 54.5 Å². The van der Waals surface area contributed by atoms with Crippen LogP contribution >= 0.6 is 0 Å². The van der Waals surface area contributed by atoms with Gasteiger partial charge in [-0.3, -0.25) is 0 Å². The number of hydrogen-bond donors (Lipinski definition) is 1. The smallest absolute Gasteiger partial charge is 0.178 e. The summed E-state index contributed by atoms with van der Waals surface area (Å²) in [7, 11) is 5.09. The number of fused-ring (bicyclic) bond motifs is 8. The molecule has 0 spiro atoms. The Balaban J connectivity index is 1.43. The number of aliphatic hydroxyl groups excluding tert-OH is 1. The summed E-state index contributed by atoms with van der Waals surface area (Å²) >= 11 is 0. The maximum absolute atomic E-state index is 9.92. The zero-order valence-electron chi connectivity index (χ0n) is 28.7. The van der Waals surface area contributed by atoms with E-state index >= 15 is 0 Å². The number of hydrogen-bond acceptors (Lipinski definition) is 6. The highest BCUT2D eigenvalue weighted by Crippen LogP contribution is 2.59. The minimum Gasteiger partial charge on any atom is -0.516 e. The van der Waals surface area contributed by atoms with Crippen molar-refractivity contribution in [2.45, 2.75) is 37.7 Å². The highest BCUT2D eigenvalue weighted by atomic mass is 16.5. The van der Waals surface area contributed by atoms with Crippen LogP contribution in [-0.4, -0.2) is 39.5 Å². The highest BCUT2D eigenvalue weighted by molar-refractivity contribution is 6.10. The summed E-state index contributed by atoms with van der Waals surface area (Å²) in [6, 6.07) is 29.5. The van der Waals surface area contributed by atoms with E-state index in [1.165, 1.54) is 28.5 Å². The van der Waals surface area contributed by atoms with Crippen molar-refractivity contribution >= 4 is 22.5 Å². The number of aliphatic hydroxyl groups is 1. The van der Waals surface area contributed by atoms with E-state index in [0.717, 1.165) is 81.1 Å². The van der Waals surface area contributed by atoms with Gasteiger partial charge in [-0.1, -0.05) is 68.5 Å². The van der Waals surface area contributed by atoms with Gasteiger partial charge in [-0.15, -0.1) is 0 Å². The molecule has 49 heavy (non-hydrogen) atoms. The Hall–Kier alpha value is -5.36. The molecule has 1 aliphatic carbocycles. The molecule has 1 saturated heterocycles. The predicted octanol–water partition coefficient (Wildman–Crippen LogP) is 9.56. The third-order valence-corrected chi connectivity index (χ3v) is 10.7. The first kappa shape index (κ1) is 30.9. The number of rotatable bonds is 6. The van der Waals surface area contributed by atoms with E-state index in [0.29, 0.717) is 6.54 Å². The van der Waals surface area contributed by atoms with Crippen molar-refractivity contribution in [3.63, 3.8) is 0 Å². The molecule has 0 amide bonds. The zero-order chi connectivity index (χ0) is 33.9. The molecule has 3 aliphatic rings. The molecule has 6 heteroatoms. The summed E-state index contributed by atoms with van der Waals surface area (Å²) in [6.07, 6.45) is 7.59. The maximum Gasteiger partial charge on any atom is 0.178 e. The SMILES string of the molecule is COc1ccc(C2(c3ccc(OC)cc3)C=Cc3c4c(c5cc(N6CCCC(=CO)C6)c(OC)cc5c3O2)-c2ccccc2C4(C)C)cc1. The first-order chi connectivity index (χ1) is 23.8. The molecule has 6 nitrogen and oxygen atoms in total. The van der Waals surface area contributed by atoms with Gasteiger partial charge in [0.25, 0.3) is 0 Å². The van der Waals surface area contributed by atoms with E-state index in [-0.39, 0.29) is 5.41 Å². The van der Waals surface area contributed by atoms with E-state index in [2.05, 4.69) is 91.6 Å². The molecule has 8 rings (SSSR count). The Labute approximate surface area is 287 Å². The first-order valence-electron chi connectivity index (χ1n) is 16.9. The van der Waals surface area contributed by atoms with E-state index in [4.69, 9.17) is 18.9 Å². The van der Waals surface area contributed by atoms with Crippen molar-refractivity contribution in [2.75, 3.05) is 39.3 Å². The molecule has 5 aromatic carbocycles. The Morgan fingerprint density at radius 1 is 0.816 bits per heavy atom. The molecular weight excluding hydrogens is 610 g/mol. The van der Waals surface area contributed by atoms with Gasteiger partial charge in [-0.25, -0.2) is 0 Å². The highest BCUT2D eigenvalue weighted by Gasteiger charge is 2.44. The Morgan fingerprint density at radius 3 is 2.12 bits per heavy atom. The average molecular weight is 652 g/mol. The second-order valence-corrected chi connectivity index (χ2v) is 13.7. The van der Waals surface area contributed by atoms with Crippen LogP contribution in [-0.2, 0) is 11.0 Å². The monoisotopic (exact) mass is 651 g/mol. The molecule has 2 heterocycles. The third kappa shape index (κ3) is 4.68. The average Bonchev–Trinajstić information content (AvgIpc) is 3.40. The summed E-state index contributed by atoms with van der Waals surface area (Å²) in [5, 5.41) is 12.0. The Kier molecular flexibility index (Phi) is 7.36. The van der Waals surface area contributed by atoms with Crippen molar-refractivity contribution in [3.05, 3.63) is 131 Å². The van der Waals surface area contributed by atoms with Gasteiger partial charge in [0, 0.05) is 40.6 Å². The minimum atomic E-state index is -0.929. The molecule has 2 aliphatic heterocycles. The number of anilines is 1. The van der Waals surface area contributed by atoms with E-state index in [9.17, 15) is 5.11 Å². The van der Waals surface area contributed by atoms with Crippen LogP contribution in [0.2, 0.25) is 0 Å². The van der Waals surface area contributed by atoms with Crippen molar-refractivity contribution in [2.24, 2.45) is 0 Å². The summed E-state index contributed by atoms with van der Waals surface area (Å²) in [6.45, 7) is 6.18. The number of nitrogens with zero attached hydrogens (tertiary/aromatic N) is 1. The number of piperidine rings is 1. The lowest BCUT2D eigenvalue weighted by molar-refractivity contribution is 0.163. The van der Waals surface area contributed by atoms with Crippen molar-refractivity contribution < 1.29 is 24.1 Å². The fourth-order valence-electron chi connectivity index (χ4n) is 8.24. The van der Waals surface area contributed by atoms with Gasteiger partial charge in [-0.2, -0.15) is 0 Å². The predicted molar refractivity (Wildman–Crippen MR) is 197 cm³/mol. The first-order valence-corrected chi connectivity index (χ1v) is 16.9. The van der Waals surface area contributed by atoms with Gasteiger partial charge in [-0.05, 0) is 88.5 Å². The quantitative estimate of drug-likeness (QED) is 0.185. The zero-order valence-corrected chi connectivity index (χ0v) is 28.7. The lowest BCUT2D eigenvalue weighted by Gasteiger charge is -2.39. The molecule has 0 bridgehead atoms. The van der Waals surface area contributed by atoms with Crippen LogP contribution in [0.5, 0.6) is 23.0 Å². The number of ether oxygens (including phenoxy) is 4. The van der Waals surface area contributed by atoms with Crippen molar-refractivity contribution in [1.29, 1.82) is 0 Å². The van der Waals surface area contributed by atoms with Gasteiger partial charge in [0.15, 0.2) is 5.60 Å². The second-order valence-electron chi connectivity index (χ2n) is 13.7. The van der Waals surface area contributed by atoms with Gasteiger partial charge in [0.2, 0.25) is 0 Å². The fourth-order valence-corrected chi connectivity index (χ4v) is 8.24. The van der Waals surface area contributed by atoms with Gasteiger partial charge >= 0.3 is 0 Å². The molecule has 0 saturated carbocycles. The van der Waals surface area contributed by atoms with Crippen LogP contribution < -0.4 is 23.8 Å². The molecule has 0 unspecified atom stereocenters. The van der Waals surface area contributed by atoms with E-state index in [1.54, 1.807) is 21.3 Å². The molecule has 5 aromatic rings. The molecule has 0 aromatic heterocycles. The summed E-state index contributed by atoms with van der Waals surface area (Å²) in [5.41, 5.74) is 8.94. The minimum absolute atomic E-state index is 0.268. The molecule has 0 atom stereocenters. The molecule has 0 radical (unpaired) electrons. The standard InChI is InChI=1S/C43H41NO5/c1-42(2)36-11-7-6-10-32(36)39-34-23-37(44-22-8-9-27(25-44)26-45)38(48-5)24-35(34)41-33(40(39)42)20-21-43(49-41,28-12-16-30(46-3)17-13-28)29-14-18-31(47-4)19-15-29/h6-7,10-21,23-24,26,45H,8-9,22,25H2,1-5H3. The van der Waals surface area contributed by atoms with E-state index in [1.807, 2.05) is 24.3 Å². The molecule has 1 N–H and O–H groups in total. The van der Waals surface area contributed by atoms with Crippen LogP contribution in [0.3, 0.4) is 0 Å². The van der Waals surface area contributed by atoms with E-state index < -0.39 is 5.60 Å². The fraction of sp³-hybridized carbons (Fsp3) is 0.256. The molecule has 248 valence electrons. The number of benzene rings is 5. The summed E-state index contributed by atoms with van der Waals surface area (Å²) < 4.78 is 24.7. The lowest BCUT2D eigenvalue weighted by Crippen LogP contribution is -2.35. The lowest BCUT2D eigenvalue weighted by atomic mass is 9.76. The van der Waals surface area contributed by atoms with Crippen LogP contribution in [0, 0.1) is 0 Å². The van der Waals surface area contributed by atoms with Crippen LogP contribution in [0.15, 0.2) is 103 Å². The summed E-state index contributed by atoms with van der Waals surface area (Å²) in [5.74, 6) is 3.16. The molecule has 1 fully saturated rings. The number of methoxy groups -OCH3 is 3. The van der Waals surface area contributed by atoms with Crippen LogP contribution in [0.25, 0.3) is 28.0 Å². The van der Waals surface area contributed by atoms with Crippen molar-refractivity contribution in [3.8, 4) is 34.1 Å². The topological polar surface area (TPSA) is 60.4 Å². The van der Waals surface area contributed by atoms with Gasteiger partial charge < -0.3 is 29.0 Å². The van der Waals surface area contributed by atoms with Crippen molar-refractivity contribution in [1.82, 2.24) is 0 Å². The third-order valence-electron chi connectivity index (χ3n) is 10.7. The summed E-state index contributed by atoms with van der Waals surface area (Å²) in [4.78, 5) is 2.32. The van der Waals surface area contributed by atoms with Crippen LogP contribution in [0.4, 0.5) is 5.69 Å². The normalized spacial score (nSPS) is 17.7. The maximum atomic E-state index is 9.92. The van der Waals surface area contributed by atoms with Gasteiger partial charge in [0.1, 0.15) is 23.0 Å².